The second-order valence-corrected chi connectivity index (χ2v) is 6.55. The van der Waals surface area contributed by atoms with Crippen LogP contribution in [0.5, 0.6) is 5.75 Å². The number of phenols is 1. The number of carbonyl (C=O) groups excluding carboxylic acids is 2. The highest BCUT2D eigenvalue weighted by atomic mass is 16.3. The summed E-state index contributed by atoms with van der Waals surface area (Å²) in [6.07, 6.45) is 0.225. The monoisotopic (exact) mass is 338 g/mol. The predicted molar refractivity (Wildman–Crippen MR) is 96.5 cm³/mol. The van der Waals surface area contributed by atoms with Gasteiger partial charge in [-0.1, -0.05) is 29.8 Å². The molecule has 5 nitrogen and oxygen atoms in total. The van der Waals surface area contributed by atoms with Gasteiger partial charge in [-0.25, -0.2) is 0 Å². The lowest BCUT2D eigenvalue weighted by Gasteiger charge is -2.39. The fourth-order valence-corrected chi connectivity index (χ4v) is 3.05. The molecular weight excluding hydrogens is 316 g/mol. The van der Waals surface area contributed by atoms with Crippen molar-refractivity contribution in [2.45, 2.75) is 26.3 Å². The minimum absolute atomic E-state index is 0.0522. The average molecular weight is 338 g/mol. The van der Waals surface area contributed by atoms with Gasteiger partial charge < -0.3 is 14.9 Å². The molecule has 130 valence electrons. The molecule has 2 aromatic rings. The number of phenolic OH excluding ortho intramolecular Hbond substituents is 1. The summed E-state index contributed by atoms with van der Waals surface area (Å²) < 4.78 is 0. The van der Waals surface area contributed by atoms with Crippen LogP contribution in [0.15, 0.2) is 48.5 Å². The minimum atomic E-state index is -0.0740. The second-order valence-electron chi connectivity index (χ2n) is 6.55. The van der Waals surface area contributed by atoms with Crippen molar-refractivity contribution in [3.63, 3.8) is 0 Å². The lowest BCUT2D eigenvalue weighted by molar-refractivity contribution is -0.138. The zero-order valence-corrected chi connectivity index (χ0v) is 14.5. The van der Waals surface area contributed by atoms with Crippen LogP contribution in [0.4, 0.5) is 5.69 Å². The molecule has 25 heavy (non-hydrogen) atoms. The summed E-state index contributed by atoms with van der Waals surface area (Å²) in [5.41, 5.74) is 2.84. The quantitative estimate of drug-likeness (QED) is 0.935. The number of benzene rings is 2. The summed E-state index contributed by atoms with van der Waals surface area (Å²) >= 11 is 0. The van der Waals surface area contributed by atoms with Crippen molar-refractivity contribution in [1.29, 1.82) is 0 Å². The molecule has 1 aliphatic heterocycles. The van der Waals surface area contributed by atoms with E-state index in [1.807, 2.05) is 38.1 Å². The van der Waals surface area contributed by atoms with Gasteiger partial charge in [-0.2, -0.15) is 0 Å². The Kier molecular flexibility index (Phi) is 4.74. The first-order valence-corrected chi connectivity index (χ1v) is 8.38. The van der Waals surface area contributed by atoms with Crippen LogP contribution in [-0.2, 0) is 16.0 Å². The molecule has 0 radical (unpaired) electrons. The Bertz CT molecular complexity index is 769. The Morgan fingerprint density at radius 1 is 1.12 bits per heavy atom. The summed E-state index contributed by atoms with van der Waals surface area (Å²) in [5, 5.41) is 9.33. The summed E-state index contributed by atoms with van der Waals surface area (Å²) in [7, 11) is 0. The van der Waals surface area contributed by atoms with E-state index in [4.69, 9.17) is 0 Å². The number of piperazine rings is 1. The van der Waals surface area contributed by atoms with Crippen LogP contribution in [-0.4, -0.2) is 41.0 Å². The van der Waals surface area contributed by atoms with Gasteiger partial charge in [-0.05, 0) is 43.7 Å². The smallest absolute Gasteiger partial charge is 0.246 e. The van der Waals surface area contributed by atoms with E-state index in [1.165, 1.54) is 0 Å². The highest BCUT2D eigenvalue weighted by Crippen LogP contribution is 2.21. The van der Waals surface area contributed by atoms with Gasteiger partial charge in [0.15, 0.2) is 0 Å². The van der Waals surface area contributed by atoms with E-state index in [2.05, 4.69) is 0 Å². The van der Waals surface area contributed by atoms with Crippen molar-refractivity contribution in [3.05, 3.63) is 59.7 Å². The predicted octanol–water partition coefficient (Wildman–Crippen LogP) is 2.51. The lowest BCUT2D eigenvalue weighted by Crippen LogP contribution is -2.57. The summed E-state index contributed by atoms with van der Waals surface area (Å²) in [6.45, 7) is 4.55. The molecule has 2 amide bonds. The number of amides is 2. The van der Waals surface area contributed by atoms with Crippen molar-refractivity contribution < 1.29 is 14.7 Å². The molecule has 1 heterocycles. The van der Waals surface area contributed by atoms with Crippen molar-refractivity contribution in [3.8, 4) is 5.75 Å². The van der Waals surface area contributed by atoms with Gasteiger partial charge in [-0.15, -0.1) is 0 Å². The van der Waals surface area contributed by atoms with Crippen LogP contribution in [0, 0.1) is 6.92 Å². The van der Waals surface area contributed by atoms with Crippen molar-refractivity contribution in [1.82, 2.24) is 4.90 Å². The van der Waals surface area contributed by atoms with Crippen LogP contribution in [0.1, 0.15) is 18.1 Å². The molecule has 0 saturated carbocycles. The summed E-state index contributed by atoms with van der Waals surface area (Å²) in [4.78, 5) is 28.5. The standard InChI is InChI=1S/C20H22N2O3/c1-14-3-7-17(8-4-14)22-12-15(2)21(13-20(22)25)19(24)11-16-5-9-18(23)10-6-16/h3-10,15,23H,11-13H2,1-2H3/t15-/m1/s1. The zero-order valence-electron chi connectivity index (χ0n) is 14.5. The number of hydrogen-bond acceptors (Lipinski definition) is 3. The molecule has 1 N–H and O–H groups in total. The maximum Gasteiger partial charge on any atom is 0.246 e. The van der Waals surface area contributed by atoms with E-state index in [9.17, 15) is 14.7 Å². The molecule has 0 bridgehead atoms. The largest absolute Gasteiger partial charge is 0.508 e. The number of aryl methyl sites for hydroxylation is 1. The molecule has 0 aromatic heterocycles. The first-order valence-electron chi connectivity index (χ1n) is 8.38. The number of nitrogens with zero attached hydrogens (tertiary/aromatic N) is 2. The van der Waals surface area contributed by atoms with Crippen LogP contribution in [0.25, 0.3) is 0 Å². The summed E-state index contributed by atoms with van der Waals surface area (Å²) in [5.74, 6) is 0.0302. The first-order chi connectivity index (χ1) is 11.9. The average Bonchev–Trinajstić information content (AvgIpc) is 2.59. The Morgan fingerprint density at radius 2 is 1.76 bits per heavy atom. The molecule has 2 aromatic carbocycles. The third-order valence-electron chi connectivity index (χ3n) is 4.54. The number of aromatic hydroxyl groups is 1. The fraction of sp³-hybridized carbons (Fsp3) is 0.300. The van der Waals surface area contributed by atoms with Crippen LogP contribution in [0.2, 0.25) is 0 Å². The SMILES string of the molecule is Cc1ccc(N2C[C@@H](C)N(C(=O)Cc3ccc(O)cc3)CC2=O)cc1. The fourth-order valence-electron chi connectivity index (χ4n) is 3.05. The normalized spacial score (nSPS) is 17.7. The number of carbonyl (C=O) groups is 2. The molecule has 0 unspecified atom stereocenters. The Hall–Kier alpha value is -2.82. The van der Waals surface area contributed by atoms with Gasteiger partial charge in [-0.3, -0.25) is 9.59 Å². The molecule has 0 aliphatic carbocycles. The van der Waals surface area contributed by atoms with E-state index in [1.54, 1.807) is 34.1 Å². The molecular formula is C20H22N2O3. The van der Waals surface area contributed by atoms with Gasteiger partial charge in [0.05, 0.1) is 6.42 Å². The van der Waals surface area contributed by atoms with Crippen molar-refractivity contribution in [2.24, 2.45) is 0 Å². The van der Waals surface area contributed by atoms with Gasteiger partial charge in [0, 0.05) is 18.3 Å². The maximum absolute atomic E-state index is 12.6. The third-order valence-corrected chi connectivity index (χ3v) is 4.54. The van der Waals surface area contributed by atoms with Gasteiger partial charge in [0.25, 0.3) is 0 Å². The highest BCUT2D eigenvalue weighted by Gasteiger charge is 2.33. The van der Waals surface area contributed by atoms with Gasteiger partial charge in [0.1, 0.15) is 12.3 Å². The van der Waals surface area contributed by atoms with E-state index >= 15 is 0 Å². The first kappa shape index (κ1) is 17.0. The Morgan fingerprint density at radius 3 is 2.40 bits per heavy atom. The Balaban J connectivity index is 1.69. The minimum Gasteiger partial charge on any atom is -0.508 e. The van der Waals surface area contributed by atoms with E-state index < -0.39 is 0 Å². The van der Waals surface area contributed by atoms with Crippen LogP contribution < -0.4 is 4.90 Å². The van der Waals surface area contributed by atoms with E-state index in [-0.39, 0.29) is 36.6 Å². The summed E-state index contributed by atoms with van der Waals surface area (Å²) in [6, 6.07) is 14.4. The number of hydrogen-bond donors (Lipinski definition) is 1. The highest BCUT2D eigenvalue weighted by molar-refractivity contribution is 5.98. The molecule has 1 saturated heterocycles. The second kappa shape index (κ2) is 6.97. The molecule has 1 atom stereocenters. The maximum atomic E-state index is 12.6. The number of anilines is 1. The van der Waals surface area contributed by atoms with E-state index in [0.717, 1.165) is 16.8 Å². The zero-order chi connectivity index (χ0) is 18.0. The third kappa shape index (κ3) is 3.82. The van der Waals surface area contributed by atoms with Gasteiger partial charge >= 0.3 is 0 Å². The topological polar surface area (TPSA) is 60.9 Å². The molecule has 1 aliphatic rings. The molecule has 1 fully saturated rings. The molecule has 3 rings (SSSR count). The Labute approximate surface area is 147 Å². The van der Waals surface area contributed by atoms with E-state index in [0.29, 0.717) is 6.54 Å². The lowest BCUT2D eigenvalue weighted by atomic mass is 10.1. The van der Waals surface area contributed by atoms with Crippen LogP contribution in [0.3, 0.4) is 0 Å². The van der Waals surface area contributed by atoms with Crippen molar-refractivity contribution in [2.75, 3.05) is 18.0 Å². The number of rotatable bonds is 3. The van der Waals surface area contributed by atoms with Gasteiger partial charge in [0.2, 0.25) is 11.8 Å². The van der Waals surface area contributed by atoms with Crippen LogP contribution >= 0.6 is 0 Å². The molecule has 0 spiro atoms. The molecule has 5 heteroatoms. The van der Waals surface area contributed by atoms with Crippen molar-refractivity contribution >= 4 is 17.5 Å².